The Kier molecular flexibility index (Phi) is 8.91. The third kappa shape index (κ3) is 6.15. The number of hydrogen-bond acceptors (Lipinski definition) is 5. The summed E-state index contributed by atoms with van der Waals surface area (Å²) in [6.45, 7) is 1.67. The van der Waals surface area contributed by atoms with Crippen LogP contribution in [0.4, 0.5) is 10.5 Å². The second-order valence-electron chi connectivity index (χ2n) is 6.42. The number of amides is 1. The molecule has 0 bridgehead atoms. The van der Waals surface area contributed by atoms with E-state index in [0.29, 0.717) is 11.4 Å². The lowest BCUT2D eigenvalue weighted by atomic mass is 9.90. The lowest BCUT2D eigenvalue weighted by molar-refractivity contribution is -0.131. The lowest BCUT2D eigenvalue weighted by Gasteiger charge is -2.34. The number of aliphatic hydroxyl groups excluding tert-OH is 1. The van der Waals surface area contributed by atoms with Crippen molar-refractivity contribution in [3.63, 3.8) is 0 Å². The molecule has 1 aliphatic heterocycles. The van der Waals surface area contributed by atoms with Crippen LogP contribution in [0, 0.1) is 23.7 Å². The molecule has 164 valence electrons. The quantitative estimate of drug-likeness (QED) is 0.559. The van der Waals surface area contributed by atoms with Gasteiger partial charge in [0.05, 0.1) is 26.5 Å². The van der Waals surface area contributed by atoms with E-state index in [1.165, 1.54) is 30.2 Å². The van der Waals surface area contributed by atoms with E-state index >= 15 is 0 Å². The Morgan fingerprint density at radius 3 is 2.53 bits per heavy atom. The third-order valence-corrected chi connectivity index (χ3v) is 4.44. The number of aliphatic carboxylic acids is 1. The molecule has 2 N–H and O–H groups in total. The molecule has 0 saturated carbocycles. The van der Waals surface area contributed by atoms with Gasteiger partial charge in [0.15, 0.2) is 0 Å². The monoisotopic (exact) mass is 433 g/mol. The summed E-state index contributed by atoms with van der Waals surface area (Å²) in [5.41, 5.74) is 2.85. The van der Waals surface area contributed by atoms with E-state index in [-0.39, 0.29) is 6.61 Å². The molecule has 2 rings (SSSR count). The minimum absolute atomic E-state index is 0.161. The Balaban J connectivity index is 2.51. The van der Waals surface area contributed by atoms with Crippen LogP contribution in [-0.2, 0) is 9.53 Å². The number of aliphatic hydroxyl groups is 1. The van der Waals surface area contributed by atoms with E-state index < -0.39 is 18.1 Å². The van der Waals surface area contributed by atoms with Crippen molar-refractivity contribution in [3.05, 3.63) is 65.3 Å². The van der Waals surface area contributed by atoms with E-state index in [9.17, 15) is 14.7 Å². The molecule has 1 unspecified atom stereocenters. The second kappa shape index (κ2) is 11.8. The average Bonchev–Trinajstić information content (AvgIpc) is 2.79. The molecule has 1 amide bonds. The van der Waals surface area contributed by atoms with E-state index in [2.05, 4.69) is 23.7 Å². The van der Waals surface area contributed by atoms with Crippen LogP contribution in [-0.4, -0.2) is 49.1 Å². The largest absolute Gasteiger partial charge is 0.497 e. The number of carboxylic acid groups (broad SMARTS) is 1. The maximum atomic E-state index is 12.7. The first-order valence-electron chi connectivity index (χ1n) is 9.54. The van der Waals surface area contributed by atoms with Crippen molar-refractivity contribution in [2.45, 2.75) is 13.0 Å². The van der Waals surface area contributed by atoms with Gasteiger partial charge >= 0.3 is 12.1 Å². The first-order valence-corrected chi connectivity index (χ1v) is 9.54. The molecule has 1 atom stereocenters. The molecule has 7 nitrogen and oxygen atoms in total. The average molecular weight is 433 g/mol. The van der Waals surface area contributed by atoms with Gasteiger partial charge in [-0.05, 0) is 60.6 Å². The Labute approximate surface area is 186 Å². The molecule has 1 aromatic carbocycles. The number of benzene rings is 1. The second-order valence-corrected chi connectivity index (χ2v) is 6.42. The van der Waals surface area contributed by atoms with Crippen molar-refractivity contribution in [1.29, 1.82) is 0 Å². The zero-order valence-electron chi connectivity index (χ0n) is 18.0. The minimum Gasteiger partial charge on any atom is -0.497 e. The normalized spacial score (nSPS) is 15.2. The fourth-order valence-electron chi connectivity index (χ4n) is 2.97. The number of carbonyl (C=O) groups is 2. The fourth-order valence-corrected chi connectivity index (χ4v) is 2.97. The van der Waals surface area contributed by atoms with Gasteiger partial charge in [0.2, 0.25) is 0 Å². The number of ether oxygens (including phenoxy) is 2. The van der Waals surface area contributed by atoms with Crippen LogP contribution in [0.5, 0.6) is 5.75 Å². The maximum Gasteiger partial charge on any atom is 0.415 e. The smallest absolute Gasteiger partial charge is 0.415 e. The number of allylic oxidation sites excluding steroid dienone is 3. The molecule has 0 radical (unpaired) electrons. The number of nitrogens with zero attached hydrogens (tertiary/aromatic N) is 1. The van der Waals surface area contributed by atoms with Crippen molar-refractivity contribution < 1.29 is 29.3 Å². The number of methoxy groups -OCH3 is 2. The summed E-state index contributed by atoms with van der Waals surface area (Å²) < 4.78 is 10.3. The molecule has 1 heterocycles. The number of anilines is 1. The van der Waals surface area contributed by atoms with Crippen molar-refractivity contribution in [3.8, 4) is 29.4 Å². The first kappa shape index (κ1) is 24.1. The van der Waals surface area contributed by atoms with Gasteiger partial charge in [-0.3, -0.25) is 4.90 Å². The molecule has 1 aliphatic rings. The molecular formula is C25H23NO6. The molecule has 0 spiro atoms. The van der Waals surface area contributed by atoms with E-state index in [4.69, 9.17) is 14.6 Å². The van der Waals surface area contributed by atoms with Crippen LogP contribution >= 0.6 is 0 Å². The summed E-state index contributed by atoms with van der Waals surface area (Å²) >= 11 is 0. The summed E-state index contributed by atoms with van der Waals surface area (Å²) in [7, 11) is 2.86. The lowest BCUT2D eigenvalue weighted by Crippen LogP contribution is -2.43. The molecule has 0 aliphatic carbocycles. The number of carbonyl (C=O) groups excluding carboxylic acids is 1. The van der Waals surface area contributed by atoms with Crippen molar-refractivity contribution in [2.75, 3.05) is 25.7 Å². The van der Waals surface area contributed by atoms with Gasteiger partial charge in [0, 0.05) is 11.6 Å². The highest BCUT2D eigenvalue weighted by atomic mass is 16.5. The van der Waals surface area contributed by atoms with Gasteiger partial charge in [-0.1, -0.05) is 29.8 Å². The van der Waals surface area contributed by atoms with Crippen LogP contribution in [0.3, 0.4) is 0 Å². The summed E-state index contributed by atoms with van der Waals surface area (Å²) in [6, 6.07) is 4.64. The molecule has 0 aromatic heterocycles. The van der Waals surface area contributed by atoms with Gasteiger partial charge in [-0.15, -0.1) is 0 Å². The molecule has 0 fully saturated rings. The standard InChI is InChI=1S/C25H23NO6/c1-18(14-15-27)21-17-19-16-20(31-2)12-13-22(19)26(25(30)32-3)23(21)10-8-6-4-5-7-9-11-24(28)29/h4,6,9,11-14,16-17,23,27H,15H2,1-3H3,(H,28,29)/b6-4-,11-9+,18-14+. The zero-order valence-corrected chi connectivity index (χ0v) is 18.0. The summed E-state index contributed by atoms with van der Waals surface area (Å²) in [4.78, 5) is 24.5. The molecule has 32 heavy (non-hydrogen) atoms. The number of hydrogen-bond donors (Lipinski definition) is 2. The predicted molar refractivity (Wildman–Crippen MR) is 122 cm³/mol. The fraction of sp³-hybridized carbons (Fsp3) is 0.200. The maximum absolute atomic E-state index is 12.7. The SMILES string of the molecule is COC(=O)N1c2ccc(OC)cc2C=C(/C(C)=C/CO)C1C#C/C=C\C#C/C=C/C(=O)O. The van der Waals surface area contributed by atoms with Crippen molar-refractivity contribution >= 4 is 23.8 Å². The van der Waals surface area contributed by atoms with E-state index in [1.54, 1.807) is 31.4 Å². The molecule has 1 aromatic rings. The van der Waals surface area contributed by atoms with E-state index in [0.717, 1.165) is 22.8 Å². The minimum atomic E-state index is -1.08. The van der Waals surface area contributed by atoms with Crippen LogP contribution in [0.15, 0.2) is 59.7 Å². The zero-order chi connectivity index (χ0) is 23.5. The topological polar surface area (TPSA) is 96.3 Å². The molecular weight excluding hydrogens is 410 g/mol. The van der Waals surface area contributed by atoms with Crippen molar-refractivity contribution in [2.24, 2.45) is 0 Å². The van der Waals surface area contributed by atoms with Gasteiger partial charge in [-0.2, -0.15) is 0 Å². The third-order valence-electron chi connectivity index (χ3n) is 4.44. The van der Waals surface area contributed by atoms with Crippen molar-refractivity contribution in [1.82, 2.24) is 0 Å². The Bertz CT molecular complexity index is 1120. The summed E-state index contributed by atoms with van der Waals surface area (Å²) in [5, 5.41) is 17.9. The van der Waals surface area contributed by atoms with Gasteiger partial charge in [-0.25, -0.2) is 9.59 Å². The van der Waals surface area contributed by atoms with Crippen LogP contribution in [0.2, 0.25) is 0 Å². The molecule has 0 saturated heterocycles. The number of rotatable bonds is 4. The Morgan fingerprint density at radius 2 is 1.88 bits per heavy atom. The van der Waals surface area contributed by atoms with Gasteiger partial charge in [0.25, 0.3) is 0 Å². The Hall–Kier alpha value is -4.20. The number of carboxylic acids is 1. The highest BCUT2D eigenvalue weighted by molar-refractivity contribution is 5.96. The first-order chi connectivity index (χ1) is 15.4. The summed E-state index contributed by atoms with van der Waals surface area (Å²) in [5.74, 6) is 10.7. The van der Waals surface area contributed by atoms with Gasteiger partial charge in [0.1, 0.15) is 11.8 Å². The van der Waals surface area contributed by atoms with Gasteiger partial charge < -0.3 is 19.7 Å². The number of fused-ring (bicyclic) bond motifs is 1. The van der Waals surface area contributed by atoms with Crippen LogP contribution < -0.4 is 9.64 Å². The van der Waals surface area contributed by atoms with Crippen LogP contribution in [0.25, 0.3) is 6.08 Å². The predicted octanol–water partition coefficient (Wildman–Crippen LogP) is 3.18. The van der Waals surface area contributed by atoms with E-state index in [1.807, 2.05) is 13.0 Å². The summed E-state index contributed by atoms with van der Waals surface area (Å²) in [6.07, 6.45) is 8.08. The highest BCUT2D eigenvalue weighted by Crippen LogP contribution is 2.37. The highest BCUT2D eigenvalue weighted by Gasteiger charge is 2.33. The Morgan fingerprint density at radius 1 is 1.16 bits per heavy atom. The molecule has 7 heteroatoms. The van der Waals surface area contributed by atoms with Crippen LogP contribution in [0.1, 0.15) is 12.5 Å².